The Bertz CT molecular complexity index is 486. The summed E-state index contributed by atoms with van der Waals surface area (Å²) in [6.45, 7) is 4.11. The van der Waals surface area contributed by atoms with Crippen molar-refractivity contribution in [2.75, 3.05) is 20.3 Å². The van der Waals surface area contributed by atoms with Gasteiger partial charge < -0.3 is 14.2 Å². The monoisotopic (exact) mass is 283 g/mol. The number of hydrogen-bond acceptors (Lipinski definition) is 6. The molecule has 1 rings (SSSR count). The molecule has 0 fully saturated rings. The van der Waals surface area contributed by atoms with Crippen LogP contribution in [0, 0.1) is 10.1 Å². The molecule has 0 aliphatic rings. The second kappa shape index (κ2) is 7.44. The Morgan fingerprint density at radius 3 is 2.60 bits per heavy atom. The molecule has 0 unspecified atom stereocenters. The summed E-state index contributed by atoms with van der Waals surface area (Å²) < 4.78 is 15.0. The average molecular weight is 283 g/mol. The van der Waals surface area contributed by atoms with Gasteiger partial charge in [0.1, 0.15) is 6.61 Å². The van der Waals surface area contributed by atoms with E-state index in [9.17, 15) is 14.9 Å². The first-order valence-electron chi connectivity index (χ1n) is 6.07. The van der Waals surface area contributed by atoms with Crippen LogP contribution in [0.15, 0.2) is 18.2 Å². The lowest BCUT2D eigenvalue weighted by molar-refractivity contribution is -0.385. The molecule has 1 aromatic carbocycles. The third-order valence-corrected chi connectivity index (χ3v) is 2.38. The van der Waals surface area contributed by atoms with Gasteiger partial charge in [-0.05, 0) is 26.0 Å². The highest BCUT2D eigenvalue weighted by molar-refractivity contribution is 5.90. The normalized spacial score (nSPS) is 10.4. The van der Waals surface area contributed by atoms with E-state index in [1.807, 2.05) is 13.8 Å². The molecule has 0 amide bonds. The maximum atomic E-state index is 11.7. The Morgan fingerprint density at radius 2 is 2.05 bits per heavy atom. The summed E-state index contributed by atoms with van der Waals surface area (Å²) in [6, 6.07) is 3.90. The fourth-order valence-electron chi connectivity index (χ4n) is 1.46. The molecule has 0 radical (unpaired) electrons. The summed E-state index contributed by atoms with van der Waals surface area (Å²) in [5, 5.41) is 10.8. The van der Waals surface area contributed by atoms with Crippen LogP contribution in [-0.4, -0.2) is 37.3 Å². The summed E-state index contributed by atoms with van der Waals surface area (Å²) >= 11 is 0. The number of benzene rings is 1. The molecule has 0 aliphatic heterocycles. The van der Waals surface area contributed by atoms with Crippen LogP contribution in [0.4, 0.5) is 5.69 Å². The summed E-state index contributed by atoms with van der Waals surface area (Å²) in [7, 11) is 1.32. The summed E-state index contributed by atoms with van der Waals surface area (Å²) in [4.78, 5) is 22.0. The molecule has 110 valence electrons. The highest BCUT2D eigenvalue weighted by Crippen LogP contribution is 2.27. The minimum absolute atomic E-state index is 0.0516. The molecule has 20 heavy (non-hydrogen) atoms. The number of carbonyl (C=O) groups excluding carboxylic acids is 1. The molecule has 0 heterocycles. The van der Waals surface area contributed by atoms with E-state index in [1.165, 1.54) is 19.2 Å². The number of methoxy groups -OCH3 is 1. The van der Waals surface area contributed by atoms with Crippen molar-refractivity contribution >= 4 is 11.7 Å². The van der Waals surface area contributed by atoms with Gasteiger partial charge in [0.05, 0.1) is 30.3 Å². The van der Waals surface area contributed by atoms with Crippen molar-refractivity contribution in [1.82, 2.24) is 0 Å². The van der Waals surface area contributed by atoms with Crippen molar-refractivity contribution in [3.8, 4) is 5.75 Å². The smallest absolute Gasteiger partial charge is 0.338 e. The number of nitro groups is 1. The van der Waals surface area contributed by atoms with Crippen LogP contribution >= 0.6 is 0 Å². The van der Waals surface area contributed by atoms with E-state index in [1.54, 1.807) is 0 Å². The fraction of sp³-hybridized carbons (Fsp3) is 0.462. The fourth-order valence-corrected chi connectivity index (χ4v) is 1.46. The van der Waals surface area contributed by atoms with Gasteiger partial charge in [-0.1, -0.05) is 0 Å². The van der Waals surface area contributed by atoms with Gasteiger partial charge in [0.25, 0.3) is 0 Å². The number of rotatable bonds is 7. The second-order valence-corrected chi connectivity index (χ2v) is 4.20. The Balaban J connectivity index is 2.69. The Morgan fingerprint density at radius 1 is 1.35 bits per heavy atom. The Hall–Kier alpha value is -2.15. The number of esters is 1. The molecule has 7 heteroatoms. The van der Waals surface area contributed by atoms with Crippen molar-refractivity contribution < 1.29 is 23.9 Å². The van der Waals surface area contributed by atoms with Gasteiger partial charge in [-0.25, -0.2) is 4.79 Å². The molecular formula is C13H17NO6. The van der Waals surface area contributed by atoms with Crippen molar-refractivity contribution in [1.29, 1.82) is 0 Å². The molecule has 7 nitrogen and oxygen atoms in total. The lowest BCUT2D eigenvalue weighted by atomic mass is 10.2. The summed E-state index contributed by atoms with van der Waals surface area (Å²) in [6.07, 6.45) is 0.0516. The predicted octanol–water partition coefficient (Wildman–Crippen LogP) is 2.19. The topological polar surface area (TPSA) is 87.9 Å². The van der Waals surface area contributed by atoms with E-state index < -0.39 is 10.9 Å². The molecule has 0 N–H and O–H groups in total. The van der Waals surface area contributed by atoms with Gasteiger partial charge in [0.15, 0.2) is 5.75 Å². The molecule has 0 spiro atoms. The van der Waals surface area contributed by atoms with Crippen LogP contribution in [0.1, 0.15) is 24.2 Å². The van der Waals surface area contributed by atoms with Crippen LogP contribution in [0.25, 0.3) is 0 Å². The van der Waals surface area contributed by atoms with E-state index in [0.29, 0.717) is 0 Å². The van der Waals surface area contributed by atoms with Gasteiger partial charge in [-0.3, -0.25) is 10.1 Å². The lowest BCUT2D eigenvalue weighted by Gasteiger charge is -2.08. The first-order chi connectivity index (χ1) is 9.45. The molecule has 0 aromatic heterocycles. The van der Waals surface area contributed by atoms with E-state index in [4.69, 9.17) is 14.2 Å². The van der Waals surface area contributed by atoms with Gasteiger partial charge in [0, 0.05) is 6.07 Å². The first-order valence-corrected chi connectivity index (χ1v) is 6.07. The molecule has 0 saturated heterocycles. The minimum Gasteiger partial charge on any atom is -0.490 e. The molecule has 0 saturated carbocycles. The summed E-state index contributed by atoms with van der Waals surface area (Å²) in [5.41, 5.74) is -0.178. The minimum atomic E-state index is -0.636. The Kier molecular flexibility index (Phi) is 5.92. The standard InChI is InChI=1S/C13H17NO6/c1-9(2)19-6-7-20-13(15)10-4-5-12(18-3)11(8-10)14(16)17/h4-5,8-9H,6-7H2,1-3H3. The van der Waals surface area contributed by atoms with Crippen molar-refractivity contribution in [2.24, 2.45) is 0 Å². The first kappa shape index (κ1) is 15.9. The van der Waals surface area contributed by atoms with Gasteiger partial charge in [0.2, 0.25) is 0 Å². The quantitative estimate of drug-likeness (QED) is 0.330. The van der Waals surface area contributed by atoms with E-state index in [2.05, 4.69) is 0 Å². The second-order valence-electron chi connectivity index (χ2n) is 4.20. The average Bonchev–Trinajstić information content (AvgIpc) is 2.42. The van der Waals surface area contributed by atoms with Crippen LogP contribution in [0.3, 0.4) is 0 Å². The van der Waals surface area contributed by atoms with Gasteiger partial charge in [-0.15, -0.1) is 0 Å². The van der Waals surface area contributed by atoms with E-state index in [0.717, 1.165) is 6.07 Å². The zero-order chi connectivity index (χ0) is 15.1. The summed E-state index contributed by atoms with van der Waals surface area (Å²) in [5.74, 6) is -0.544. The molecule has 0 bridgehead atoms. The third kappa shape index (κ3) is 4.51. The van der Waals surface area contributed by atoms with Crippen LogP contribution in [-0.2, 0) is 9.47 Å². The number of nitrogens with zero attached hydrogens (tertiary/aromatic N) is 1. The van der Waals surface area contributed by atoms with Crippen molar-refractivity contribution in [3.05, 3.63) is 33.9 Å². The number of nitro benzene ring substituents is 1. The molecule has 0 atom stereocenters. The highest BCUT2D eigenvalue weighted by atomic mass is 16.6. The SMILES string of the molecule is COc1ccc(C(=O)OCCOC(C)C)cc1[N+](=O)[O-]. The predicted molar refractivity (Wildman–Crippen MR) is 71.0 cm³/mol. The molecular weight excluding hydrogens is 266 g/mol. The lowest BCUT2D eigenvalue weighted by Crippen LogP contribution is -2.13. The van der Waals surface area contributed by atoms with Gasteiger partial charge in [-0.2, -0.15) is 0 Å². The van der Waals surface area contributed by atoms with Crippen LogP contribution in [0.2, 0.25) is 0 Å². The van der Waals surface area contributed by atoms with E-state index in [-0.39, 0.29) is 36.3 Å². The van der Waals surface area contributed by atoms with Gasteiger partial charge >= 0.3 is 11.7 Å². The molecule has 1 aromatic rings. The van der Waals surface area contributed by atoms with E-state index >= 15 is 0 Å². The maximum Gasteiger partial charge on any atom is 0.338 e. The number of ether oxygens (including phenoxy) is 3. The maximum absolute atomic E-state index is 11.7. The largest absolute Gasteiger partial charge is 0.490 e. The van der Waals surface area contributed by atoms with Crippen molar-refractivity contribution in [3.63, 3.8) is 0 Å². The van der Waals surface area contributed by atoms with Crippen LogP contribution < -0.4 is 4.74 Å². The zero-order valence-electron chi connectivity index (χ0n) is 11.6. The van der Waals surface area contributed by atoms with Crippen LogP contribution in [0.5, 0.6) is 5.75 Å². The molecule has 0 aliphatic carbocycles. The Labute approximate surface area is 116 Å². The highest BCUT2D eigenvalue weighted by Gasteiger charge is 2.18. The third-order valence-electron chi connectivity index (χ3n) is 2.38. The number of hydrogen-bond donors (Lipinski definition) is 0. The zero-order valence-corrected chi connectivity index (χ0v) is 11.6. The van der Waals surface area contributed by atoms with Crippen molar-refractivity contribution in [2.45, 2.75) is 20.0 Å². The number of carbonyl (C=O) groups is 1.